The first-order valence-electron chi connectivity index (χ1n) is 9.61. The molecule has 0 bridgehead atoms. The van der Waals surface area contributed by atoms with E-state index < -0.39 is 0 Å². The summed E-state index contributed by atoms with van der Waals surface area (Å²) < 4.78 is 1.09. The molecule has 1 aliphatic rings. The van der Waals surface area contributed by atoms with Gasteiger partial charge in [0.15, 0.2) is 0 Å². The van der Waals surface area contributed by atoms with E-state index in [0.29, 0.717) is 0 Å². The van der Waals surface area contributed by atoms with E-state index in [9.17, 15) is 4.79 Å². The molecule has 0 aliphatic carbocycles. The minimum absolute atomic E-state index is 0.133. The maximum absolute atomic E-state index is 12.9. The van der Waals surface area contributed by atoms with Gasteiger partial charge in [0.2, 0.25) is 0 Å². The van der Waals surface area contributed by atoms with Crippen molar-refractivity contribution in [3.8, 4) is 0 Å². The van der Waals surface area contributed by atoms with Crippen molar-refractivity contribution in [2.75, 3.05) is 26.2 Å². The number of carbonyl (C=O) groups excluding carboxylic acids is 1. The lowest BCUT2D eigenvalue weighted by atomic mass is 9.96. The van der Waals surface area contributed by atoms with Crippen LogP contribution in [0.1, 0.15) is 27.5 Å². The van der Waals surface area contributed by atoms with Gasteiger partial charge in [-0.3, -0.25) is 9.69 Å². The summed E-state index contributed by atoms with van der Waals surface area (Å²) in [6.45, 7) is 3.23. The largest absolute Gasteiger partial charge is 0.336 e. The van der Waals surface area contributed by atoms with Gasteiger partial charge in [-0.1, -0.05) is 66.7 Å². The van der Waals surface area contributed by atoms with Crippen LogP contribution < -0.4 is 0 Å². The lowest BCUT2D eigenvalue weighted by molar-refractivity contribution is 0.0597. The maximum Gasteiger partial charge on any atom is 0.253 e. The first-order valence-corrected chi connectivity index (χ1v) is 10.7. The normalized spacial score (nSPS) is 15.0. The van der Waals surface area contributed by atoms with Gasteiger partial charge < -0.3 is 4.90 Å². The fourth-order valence-electron chi connectivity index (χ4n) is 3.87. The van der Waals surface area contributed by atoms with Crippen LogP contribution in [0.5, 0.6) is 0 Å². The summed E-state index contributed by atoms with van der Waals surface area (Å²) in [6, 6.07) is 29.4. The number of nitrogens with zero attached hydrogens (tertiary/aromatic N) is 2. The van der Waals surface area contributed by atoms with Gasteiger partial charge in [-0.05, 0) is 51.9 Å². The topological polar surface area (TPSA) is 23.6 Å². The molecular formula is C24H23IN2O. The average molecular weight is 482 g/mol. The molecule has 4 heteroatoms. The van der Waals surface area contributed by atoms with Crippen molar-refractivity contribution in [2.45, 2.75) is 6.04 Å². The van der Waals surface area contributed by atoms with Crippen molar-refractivity contribution in [3.05, 3.63) is 105 Å². The molecule has 1 saturated heterocycles. The Hall–Kier alpha value is -2.18. The molecule has 0 saturated carbocycles. The second-order valence-electron chi connectivity index (χ2n) is 7.06. The molecule has 0 radical (unpaired) electrons. The number of amides is 1. The molecule has 1 aliphatic heterocycles. The predicted octanol–water partition coefficient (Wildman–Crippen LogP) is 4.84. The summed E-state index contributed by atoms with van der Waals surface area (Å²) in [4.78, 5) is 17.3. The summed E-state index contributed by atoms with van der Waals surface area (Å²) in [5, 5.41) is 0. The molecule has 3 aromatic rings. The summed E-state index contributed by atoms with van der Waals surface area (Å²) >= 11 is 2.26. The van der Waals surface area contributed by atoms with Crippen molar-refractivity contribution in [1.82, 2.24) is 9.80 Å². The van der Waals surface area contributed by atoms with Gasteiger partial charge in [-0.15, -0.1) is 0 Å². The van der Waals surface area contributed by atoms with E-state index >= 15 is 0 Å². The van der Waals surface area contributed by atoms with Gasteiger partial charge in [-0.25, -0.2) is 0 Å². The van der Waals surface area contributed by atoms with Crippen LogP contribution in [0.3, 0.4) is 0 Å². The zero-order valence-corrected chi connectivity index (χ0v) is 17.8. The highest BCUT2D eigenvalue weighted by Gasteiger charge is 2.28. The molecule has 1 amide bonds. The fraction of sp³-hybridized carbons (Fsp3) is 0.208. The molecule has 28 heavy (non-hydrogen) atoms. The van der Waals surface area contributed by atoms with E-state index in [1.54, 1.807) is 0 Å². The number of benzene rings is 3. The van der Waals surface area contributed by atoms with Crippen LogP contribution in [0.2, 0.25) is 0 Å². The summed E-state index contributed by atoms with van der Waals surface area (Å²) in [6.07, 6.45) is 0. The Morgan fingerprint density at radius 2 is 1.32 bits per heavy atom. The molecule has 0 atom stereocenters. The van der Waals surface area contributed by atoms with Crippen LogP contribution >= 0.6 is 22.6 Å². The lowest BCUT2D eigenvalue weighted by Gasteiger charge is -2.39. The Kier molecular flexibility index (Phi) is 6.07. The zero-order chi connectivity index (χ0) is 19.3. The molecular weight excluding hydrogens is 459 g/mol. The second kappa shape index (κ2) is 8.88. The molecule has 3 nitrogen and oxygen atoms in total. The SMILES string of the molecule is O=C(c1cccc(I)c1)N1CCN(C(c2ccccc2)c2ccccc2)CC1. The van der Waals surface area contributed by atoms with Crippen LogP contribution in [0.4, 0.5) is 0 Å². The standard InChI is InChI=1S/C24H23IN2O/c25-22-13-7-12-21(18-22)24(28)27-16-14-26(15-17-27)23(19-8-3-1-4-9-19)20-10-5-2-6-11-20/h1-13,18,23H,14-17H2. The van der Waals surface area contributed by atoms with E-state index in [2.05, 4.69) is 88.2 Å². The minimum atomic E-state index is 0.133. The van der Waals surface area contributed by atoms with Crippen LogP contribution in [-0.2, 0) is 0 Å². The minimum Gasteiger partial charge on any atom is -0.336 e. The van der Waals surface area contributed by atoms with Gasteiger partial charge in [-0.2, -0.15) is 0 Å². The van der Waals surface area contributed by atoms with Crippen molar-refractivity contribution >= 4 is 28.5 Å². The van der Waals surface area contributed by atoms with Gasteiger partial charge in [0.05, 0.1) is 6.04 Å². The molecule has 0 spiro atoms. The third-order valence-corrected chi connectivity index (χ3v) is 5.94. The Balaban J connectivity index is 1.51. The molecule has 1 heterocycles. The Morgan fingerprint density at radius 3 is 1.86 bits per heavy atom. The zero-order valence-electron chi connectivity index (χ0n) is 15.7. The quantitative estimate of drug-likeness (QED) is 0.497. The third-order valence-electron chi connectivity index (χ3n) is 5.27. The predicted molar refractivity (Wildman–Crippen MR) is 121 cm³/mol. The number of hydrogen-bond donors (Lipinski definition) is 0. The van der Waals surface area contributed by atoms with E-state index in [0.717, 1.165) is 35.3 Å². The van der Waals surface area contributed by atoms with Crippen molar-refractivity contribution in [2.24, 2.45) is 0 Å². The molecule has 3 aromatic carbocycles. The first kappa shape index (κ1) is 19.2. The molecule has 0 unspecified atom stereocenters. The van der Waals surface area contributed by atoms with E-state index in [1.165, 1.54) is 11.1 Å². The fourth-order valence-corrected chi connectivity index (χ4v) is 4.42. The molecule has 1 fully saturated rings. The Bertz CT molecular complexity index is 882. The third kappa shape index (κ3) is 4.28. The first-order chi connectivity index (χ1) is 13.7. The van der Waals surface area contributed by atoms with E-state index in [1.807, 2.05) is 29.2 Å². The molecule has 0 aromatic heterocycles. The summed E-state index contributed by atoms with van der Waals surface area (Å²) in [5.41, 5.74) is 3.38. The maximum atomic E-state index is 12.9. The van der Waals surface area contributed by atoms with E-state index in [4.69, 9.17) is 0 Å². The van der Waals surface area contributed by atoms with Crippen molar-refractivity contribution < 1.29 is 4.79 Å². The van der Waals surface area contributed by atoms with Gasteiger partial charge in [0, 0.05) is 35.3 Å². The number of carbonyl (C=O) groups is 1. The van der Waals surface area contributed by atoms with Crippen LogP contribution in [0, 0.1) is 3.57 Å². The smallest absolute Gasteiger partial charge is 0.253 e. The number of halogens is 1. The van der Waals surface area contributed by atoms with Gasteiger partial charge in [0.1, 0.15) is 0 Å². The van der Waals surface area contributed by atoms with Gasteiger partial charge >= 0.3 is 0 Å². The van der Waals surface area contributed by atoms with Crippen molar-refractivity contribution in [1.29, 1.82) is 0 Å². The summed E-state index contributed by atoms with van der Waals surface area (Å²) in [5.74, 6) is 0.133. The number of rotatable bonds is 4. The molecule has 4 rings (SSSR count). The number of hydrogen-bond acceptors (Lipinski definition) is 2. The highest BCUT2D eigenvalue weighted by atomic mass is 127. The van der Waals surface area contributed by atoms with Gasteiger partial charge in [0.25, 0.3) is 5.91 Å². The second-order valence-corrected chi connectivity index (χ2v) is 8.31. The Morgan fingerprint density at radius 1 is 0.750 bits per heavy atom. The van der Waals surface area contributed by atoms with E-state index in [-0.39, 0.29) is 11.9 Å². The number of piperazine rings is 1. The summed E-state index contributed by atoms with van der Waals surface area (Å²) in [7, 11) is 0. The monoisotopic (exact) mass is 482 g/mol. The highest BCUT2D eigenvalue weighted by Crippen LogP contribution is 2.29. The Labute approximate surface area is 180 Å². The van der Waals surface area contributed by atoms with Crippen LogP contribution in [0.15, 0.2) is 84.9 Å². The highest BCUT2D eigenvalue weighted by molar-refractivity contribution is 14.1. The van der Waals surface area contributed by atoms with Crippen LogP contribution in [-0.4, -0.2) is 41.9 Å². The average Bonchev–Trinajstić information content (AvgIpc) is 2.75. The molecule has 0 N–H and O–H groups in total. The van der Waals surface area contributed by atoms with Crippen molar-refractivity contribution in [3.63, 3.8) is 0 Å². The molecule has 142 valence electrons. The van der Waals surface area contributed by atoms with Crippen LogP contribution in [0.25, 0.3) is 0 Å². The lowest BCUT2D eigenvalue weighted by Crippen LogP contribution is -2.49.